The zero-order valence-corrected chi connectivity index (χ0v) is 20.2. The van der Waals surface area contributed by atoms with E-state index >= 15 is 0 Å². The molecule has 4 aromatic rings. The van der Waals surface area contributed by atoms with E-state index in [4.69, 9.17) is 0 Å². The predicted molar refractivity (Wildman–Crippen MR) is 133 cm³/mol. The fourth-order valence-corrected chi connectivity index (χ4v) is 8.85. The summed E-state index contributed by atoms with van der Waals surface area (Å²) in [4.78, 5) is 12.2. The molecule has 7 heteroatoms. The number of aldehydes is 1. The zero-order valence-electron chi connectivity index (χ0n) is 18.5. The van der Waals surface area contributed by atoms with Crippen LogP contribution in [-0.4, -0.2) is 27.7 Å². The van der Waals surface area contributed by atoms with Crippen molar-refractivity contribution in [1.82, 2.24) is 0 Å². The number of carbonyl (C=O) groups excluding carboxylic acids is 1. The molecule has 0 amide bonds. The van der Waals surface area contributed by atoms with Crippen molar-refractivity contribution in [2.24, 2.45) is 0 Å². The fourth-order valence-electron chi connectivity index (χ4n) is 4.03. The fraction of sp³-hybridized carbons (Fsp3) is 0.148. The van der Waals surface area contributed by atoms with E-state index in [0.717, 1.165) is 10.8 Å². The molecule has 1 atom stereocenters. The van der Waals surface area contributed by atoms with E-state index < -0.39 is 36.1 Å². The average Bonchev–Trinajstić information content (AvgIpc) is 2.87. The molecule has 174 valence electrons. The molecule has 5 nitrogen and oxygen atoms in total. The van der Waals surface area contributed by atoms with Crippen LogP contribution in [0.4, 0.5) is 0 Å². The number of benzene rings is 4. The van der Waals surface area contributed by atoms with Crippen molar-refractivity contribution in [3.05, 3.63) is 109 Å². The molecule has 0 saturated carbocycles. The highest BCUT2D eigenvalue weighted by Crippen LogP contribution is 2.37. The van der Waals surface area contributed by atoms with Gasteiger partial charge in [-0.2, -0.15) is 0 Å². The van der Waals surface area contributed by atoms with Gasteiger partial charge in [0.05, 0.1) is 15.2 Å². The molecule has 0 aromatic heterocycles. The van der Waals surface area contributed by atoms with Crippen LogP contribution < -0.4 is 0 Å². The summed E-state index contributed by atoms with van der Waals surface area (Å²) in [7, 11) is -8.70. The minimum absolute atomic E-state index is 0.105. The molecule has 0 unspecified atom stereocenters. The second-order valence-electron chi connectivity index (χ2n) is 8.45. The minimum atomic E-state index is -4.35. The van der Waals surface area contributed by atoms with Crippen LogP contribution in [0, 0.1) is 0 Å². The summed E-state index contributed by atoms with van der Waals surface area (Å²) in [5.74, 6) is 0. The SMILES string of the molecule is C[C@@](C=O)(CC(S(=O)(=O)c1ccccc1)S(=O)(=O)c1ccccc1)c1ccc2ccccc2c1. The van der Waals surface area contributed by atoms with Gasteiger partial charge in [-0.3, -0.25) is 0 Å². The highest BCUT2D eigenvalue weighted by atomic mass is 32.3. The maximum Gasteiger partial charge on any atom is 0.195 e. The third-order valence-corrected chi connectivity index (χ3v) is 11.2. The number of carbonyl (C=O) groups is 1. The van der Waals surface area contributed by atoms with Crippen LogP contribution in [0.25, 0.3) is 10.8 Å². The smallest absolute Gasteiger partial charge is 0.195 e. The molecule has 0 N–H and O–H groups in total. The maximum absolute atomic E-state index is 13.7. The van der Waals surface area contributed by atoms with E-state index in [9.17, 15) is 21.6 Å². The first-order valence-electron chi connectivity index (χ1n) is 10.7. The first-order valence-corrected chi connectivity index (χ1v) is 13.8. The van der Waals surface area contributed by atoms with Crippen LogP contribution in [0.3, 0.4) is 0 Å². The Bertz CT molecular complexity index is 1460. The number of fused-ring (bicyclic) bond motifs is 1. The van der Waals surface area contributed by atoms with Gasteiger partial charge in [0.1, 0.15) is 6.29 Å². The standard InChI is InChI=1S/C27H24O5S2/c1-27(20-28,23-17-16-21-10-8-9-11-22(21)18-23)19-26(33(29,30)24-12-4-2-5-13-24)34(31,32)25-14-6-3-7-15-25/h2-18,20,26H,19H2,1H3/t27-/m0/s1. The number of sulfone groups is 2. The van der Waals surface area contributed by atoms with Gasteiger partial charge in [-0.15, -0.1) is 0 Å². The summed E-state index contributed by atoms with van der Waals surface area (Å²) in [6, 6.07) is 28.0. The molecule has 0 aliphatic rings. The lowest BCUT2D eigenvalue weighted by Crippen LogP contribution is -2.39. The Labute approximate surface area is 199 Å². The van der Waals surface area contributed by atoms with Gasteiger partial charge in [0.25, 0.3) is 0 Å². The molecule has 34 heavy (non-hydrogen) atoms. The molecule has 0 aliphatic heterocycles. The molecule has 0 fully saturated rings. The summed E-state index contributed by atoms with van der Waals surface area (Å²) in [6.07, 6.45) is 0.217. The van der Waals surface area contributed by atoms with E-state index in [2.05, 4.69) is 0 Å². The third-order valence-electron chi connectivity index (χ3n) is 6.10. The van der Waals surface area contributed by atoms with Gasteiger partial charge in [-0.25, -0.2) is 16.8 Å². The second-order valence-corrected chi connectivity index (χ2v) is 13.0. The number of hydrogen-bond donors (Lipinski definition) is 0. The Kier molecular flexibility index (Phi) is 6.43. The third kappa shape index (κ3) is 4.41. The van der Waals surface area contributed by atoms with Gasteiger partial charge < -0.3 is 4.79 Å². The van der Waals surface area contributed by atoms with Crippen molar-refractivity contribution in [3.8, 4) is 0 Å². The van der Waals surface area contributed by atoms with E-state index in [1.54, 1.807) is 49.4 Å². The molecular weight excluding hydrogens is 468 g/mol. The second kappa shape index (κ2) is 9.16. The number of rotatable bonds is 8. The van der Waals surface area contributed by atoms with Gasteiger partial charge in [-0.1, -0.05) is 78.9 Å². The molecule has 0 saturated heterocycles. The molecule has 0 spiro atoms. The highest BCUT2D eigenvalue weighted by molar-refractivity contribution is 8.09. The van der Waals surface area contributed by atoms with Crippen LogP contribution in [0.2, 0.25) is 0 Å². The van der Waals surface area contributed by atoms with E-state index in [0.29, 0.717) is 11.8 Å². The quantitative estimate of drug-likeness (QED) is 0.325. The topological polar surface area (TPSA) is 85.3 Å². The molecule has 4 aromatic carbocycles. The van der Waals surface area contributed by atoms with Crippen LogP contribution >= 0.6 is 0 Å². The van der Waals surface area contributed by atoms with Crippen molar-refractivity contribution in [2.75, 3.05) is 0 Å². The molecule has 0 heterocycles. The van der Waals surface area contributed by atoms with Gasteiger partial charge in [0.2, 0.25) is 0 Å². The Hall–Kier alpha value is -3.29. The van der Waals surface area contributed by atoms with Crippen molar-refractivity contribution >= 4 is 36.7 Å². The van der Waals surface area contributed by atoms with Crippen LogP contribution in [0.1, 0.15) is 18.9 Å². The Morgan fingerprint density at radius 3 is 1.65 bits per heavy atom. The molecular formula is C27H24O5S2. The van der Waals surface area contributed by atoms with Crippen molar-refractivity contribution in [3.63, 3.8) is 0 Å². The largest absolute Gasteiger partial charge is 0.302 e. The normalized spacial score (nSPS) is 14.1. The average molecular weight is 493 g/mol. The molecule has 0 radical (unpaired) electrons. The van der Waals surface area contributed by atoms with E-state index in [1.807, 2.05) is 36.4 Å². The highest BCUT2D eigenvalue weighted by Gasteiger charge is 2.45. The van der Waals surface area contributed by atoms with Gasteiger partial charge >= 0.3 is 0 Å². The minimum Gasteiger partial charge on any atom is -0.302 e. The molecule has 0 aliphatic carbocycles. The van der Waals surface area contributed by atoms with Crippen molar-refractivity contribution in [2.45, 2.75) is 33.1 Å². The predicted octanol–water partition coefficient (Wildman–Crippen LogP) is 4.96. The van der Waals surface area contributed by atoms with Crippen LogP contribution in [0.5, 0.6) is 0 Å². The lowest BCUT2D eigenvalue weighted by molar-refractivity contribution is -0.112. The lowest BCUT2D eigenvalue weighted by Gasteiger charge is -2.29. The van der Waals surface area contributed by atoms with Crippen molar-refractivity contribution in [1.29, 1.82) is 0 Å². The first-order chi connectivity index (χ1) is 16.2. The lowest BCUT2D eigenvalue weighted by atomic mass is 9.80. The summed E-state index contributed by atoms with van der Waals surface area (Å²) >= 11 is 0. The van der Waals surface area contributed by atoms with Gasteiger partial charge in [0, 0.05) is 0 Å². The Morgan fingerprint density at radius 1 is 0.676 bits per heavy atom. The Balaban J connectivity index is 1.88. The van der Waals surface area contributed by atoms with Gasteiger partial charge in [-0.05, 0) is 53.9 Å². The van der Waals surface area contributed by atoms with Gasteiger partial charge in [0.15, 0.2) is 24.3 Å². The maximum atomic E-state index is 13.7. The van der Waals surface area contributed by atoms with E-state index in [-0.39, 0.29) is 9.79 Å². The van der Waals surface area contributed by atoms with E-state index in [1.165, 1.54) is 24.3 Å². The summed E-state index contributed by atoms with van der Waals surface area (Å²) in [5.41, 5.74) is -0.809. The summed E-state index contributed by atoms with van der Waals surface area (Å²) in [5, 5.41) is 1.84. The van der Waals surface area contributed by atoms with Crippen LogP contribution in [-0.2, 0) is 29.9 Å². The number of hydrogen-bond acceptors (Lipinski definition) is 5. The van der Waals surface area contributed by atoms with Crippen molar-refractivity contribution < 1.29 is 21.6 Å². The first kappa shape index (κ1) is 23.9. The van der Waals surface area contributed by atoms with Crippen LogP contribution in [0.15, 0.2) is 113 Å². The summed E-state index contributed by atoms with van der Waals surface area (Å²) in [6.45, 7) is 1.58. The zero-order chi connectivity index (χ0) is 24.4. The monoisotopic (exact) mass is 492 g/mol. The molecule has 4 rings (SSSR count). The Morgan fingerprint density at radius 2 is 1.15 bits per heavy atom. The summed E-state index contributed by atoms with van der Waals surface area (Å²) < 4.78 is 52.9. The molecule has 0 bridgehead atoms.